The number of nitrogens with zero attached hydrogens (tertiary/aromatic N) is 5. The van der Waals surface area contributed by atoms with Gasteiger partial charge in [0, 0.05) is 51.7 Å². The predicted octanol–water partition coefficient (Wildman–Crippen LogP) is 1.41. The molecular formula is C19H32N6OS. The largest absolute Gasteiger partial charge is 0.351 e. The molecule has 27 heavy (non-hydrogen) atoms. The number of hydrogen-bond acceptors (Lipinski definition) is 5. The molecule has 0 radical (unpaired) electrons. The summed E-state index contributed by atoms with van der Waals surface area (Å²) in [5.41, 5.74) is 1.07. The molecule has 0 aromatic carbocycles. The van der Waals surface area contributed by atoms with E-state index in [9.17, 15) is 4.79 Å². The molecule has 0 spiro atoms. The Morgan fingerprint density at radius 1 is 1.22 bits per heavy atom. The Kier molecular flexibility index (Phi) is 7.07. The molecule has 1 aromatic rings. The number of amides is 1. The van der Waals surface area contributed by atoms with Gasteiger partial charge in [-0.25, -0.2) is 4.98 Å². The van der Waals surface area contributed by atoms with Crippen LogP contribution in [0.3, 0.4) is 0 Å². The second-order valence-electron chi connectivity index (χ2n) is 7.22. The Hall–Kier alpha value is -1.67. The van der Waals surface area contributed by atoms with E-state index >= 15 is 0 Å². The van der Waals surface area contributed by atoms with Crippen molar-refractivity contribution in [2.45, 2.75) is 45.7 Å². The van der Waals surface area contributed by atoms with Crippen LogP contribution in [0.15, 0.2) is 10.4 Å². The predicted molar refractivity (Wildman–Crippen MR) is 110 cm³/mol. The van der Waals surface area contributed by atoms with E-state index in [2.05, 4.69) is 44.3 Å². The number of piperazine rings is 1. The Balaban J connectivity index is 1.47. The van der Waals surface area contributed by atoms with Gasteiger partial charge >= 0.3 is 0 Å². The smallest absolute Gasteiger partial charge is 0.239 e. The average Bonchev–Trinajstić information content (AvgIpc) is 3.40. The summed E-state index contributed by atoms with van der Waals surface area (Å²) in [4.78, 5) is 28.3. The van der Waals surface area contributed by atoms with Crippen LogP contribution in [0, 0.1) is 0 Å². The quantitative estimate of drug-likeness (QED) is 0.606. The molecule has 0 saturated carbocycles. The maximum Gasteiger partial charge on any atom is 0.239 e. The zero-order valence-electron chi connectivity index (χ0n) is 16.8. The maximum absolute atomic E-state index is 12.6. The minimum absolute atomic E-state index is 0.0253. The van der Waals surface area contributed by atoms with Crippen LogP contribution in [-0.2, 0) is 17.8 Å². The van der Waals surface area contributed by atoms with Gasteiger partial charge < -0.3 is 15.1 Å². The van der Waals surface area contributed by atoms with Crippen LogP contribution in [0.1, 0.15) is 37.4 Å². The third-order valence-corrected chi connectivity index (χ3v) is 6.52. The first-order valence-electron chi connectivity index (χ1n) is 10.0. The number of aryl methyl sites for hydroxylation is 1. The van der Waals surface area contributed by atoms with Crippen LogP contribution in [0.25, 0.3) is 0 Å². The normalized spacial score (nSPS) is 20.2. The molecule has 3 rings (SSSR count). The van der Waals surface area contributed by atoms with Crippen molar-refractivity contribution < 1.29 is 4.79 Å². The lowest BCUT2D eigenvalue weighted by Crippen LogP contribution is -2.57. The van der Waals surface area contributed by atoms with E-state index in [1.165, 1.54) is 5.01 Å². The van der Waals surface area contributed by atoms with Gasteiger partial charge in [-0.2, -0.15) is 0 Å². The summed E-state index contributed by atoms with van der Waals surface area (Å²) in [6.45, 7) is 10.3. The molecule has 2 saturated heterocycles. The van der Waals surface area contributed by atoms with Crippen LogP contribution in [-0.4, -0.2) is 83.9 Å². The molecule has 1 atom stereocenters. The zero-order valence-corrected chi connectivity index (χ0v) is 17.6. The fourth-order valence-corrected chi connectivity index (χ4v) is 4.52. The number of aliphatic imine (C=N–C) groups is 1. The number of carbonyl (C=O) groups excluding carboxylic acids is 1. The van der Waals surface area contributed by atoms with Crippen LogP contribution >= 0.6 is 11.3 Å². The molecule has 3 heterocycles. The molecule has 1 unspecified atom stereocenters. The van der Waals surface area contributed by atoms with Gasteiger partial charge in [0.25, 0.3) is 0 Å². The molecule has 2 fully saturated rings. The fourth-order valence-electron chi connectivity index (χ4n) is 3.77. The minimum atomic E-state index is -0.0253. The third kappa shape index (κ3) is 4.99. The van der Waals surface area contributed by atoms with Crippen molar-refractivity contribution in [3.05, 3.63) is 16.1 Å². The van der Waals surface area contributed by atoms with Crippen molar-refractivity contribution in [1.29, 1.82) is 0 Å². The highest BCUT2D eigenvalue weighted by atomic mass is 32.1. The topological polar surface area (TPSA) is 64.1 Å². The van der Waals surface area contributed by atoms with Gasteiger partial charge in [-0.1, -0.05) is 6.92 Å². The van der Waals surface area contributed by atoms with Crippen LogP contribution in [0.4, 0.5) is 0 Å². The zero-order chi connectivity index (χ0) is 19.2. The molecule has 0 aliphatic carbocycles. The molecule has 8 heteroatoms. The molecule has 0 bridgehead atoms. The molecule has 1 amide bonds. The Labute approximate surface area is 166 Å². The Bertz CT molecular complexity index is 646. The van der Waals surface area contributed by atoms with E-state index in [-0.39, 0.29) is 6.04 Å². The number of thiazole rings is 1. The first-order valence-corrected chi connectivity index (χ1v) is 10.9. The van der Waals surface area contributed by atoms with E-state index in [4.69, 9.17) is 0 Å². The highest BCUT2D eigenvalue weighted by Gasteiger charge is 2.30. The van der Waals surface area contributed by atoms with Crippen molar-refractivity contribution in [3.8, 4) is 0 Å². The lowest BCUT2D eigenvalue weighted by Gasteiger charge is -2.39. The number of rotatable bonds is 5. The van der Waals surface area contributed by atoms with Gasteiger partial charge in [0.05, 0.1) is 23.3 Å². The third-order valence-electron chi connectivity index (χ3n) is 5.48. The van der Waals surface area contributed by atoms with E-state index in [1.807, 2.05) is 11.9 Å². The van der Waals surface area contributed by atoms with Gasteiger partial charge in [0.2, 0.25) is 5.91 Å². The van der Waals surface area contributed by atoms with Gasteiger partial charge in [0.15, 0.2) is 5.96 Å². The molecule has 7 nitrogen and oxygen atoms in total. The summed E-state index contributed by atoms with van der Waals surface area (Å²) in [5.74, 6) is 1.21. The summed E-state index contributed by atoms with van der Waals surface area (Å²) in [6.07, 6.45) is 3.27. The first kappa shape index (κ1) is 20.1. The van der Waals surface area contributed by atoms with E-state index in [0.717, 1.165) is 70.2 Å². The van der Waals surface area contributed by atoms with Crippen molar-refractivity contribution in [3.63, 3.8) is 0 Å². The van der Waals surface area contributed by atoms with Gasteiger partial charge in [-0.15, -0.1) is 11.3 Å². The van der Waals surface area contributed by atoms with Gasteiger partial charge in [0.1, 0.15) is 0 Å². The standard InChI is InChI=1S/C19H32N6OS/c1-4-17-22-16(14-27-17)13-21-19(20-3)25-11-9-23(10-12-25)15(2)18(26)24-7-5-6-8-24/h14-15H,4-13H2,1-3H3,(H,20,21). The second-order valence-corrected chi connectivity index (χ2v) is 8.16. The molecule has 2 aliphatic rings. The summed E-state index contributed by atoms with van der Waals surface area (Å²) in [5, 5.41) is 6.72. The van der Waals surface area contributed by atoms with E-state index in [0.29, 0.717) is 12.5 Å². The molecule has 1 aromatic heterocycles. The molecular weight excluding hydrogens is 360 g/mol. The van der Waals surface area contributed by atoms with Crippen molar-refractivity contribution >= 4 is 23.2 Å². The highest BCUT2D eigenvalue weighted by molar-refractivity contribution is 7.09. The monoisotopic (exact) mass is 392 g/mol. The number of nitrogens with one attached hydrogen (secondary N) is 1. The first-order chi connectivity index (χ1) is 13.1. The highest BCUT2D eigenvalue weighted by Crippen LogP contribution is 2.14. The van der Waals surface area contributed by atoms with Crippen LogP contribution in [0.5, 0.6) is 0 Å². The van der Waals surface area contributed by atoms with Crippen molar-refractivity contribution in [2.75, 3.05) is 46.3 Å². The number of likely N-dealkylation sites (tertiary alicyclic amines) is 1. The molecule has 150 valence electrons. The summed E-state index contributed by atoms with van der Waals surface area (Å²) in [7, 11) is 1.83. The second kappa shape index (κ2) is 9.50. The SMILES string of the molecule is CCc1nc(CNC(=NC)N2CCN(C(C)C(=O)N3CCCC3)CC2)cs1. The van der Waals surface area contributed by atoms with Crippen molar-refractivity contribution in [2.24, 2.45) is 4.99 Å². The fraction of sp³-hybridized carbons (Fsp3) is 0.737. The Morgan fingerprint density at radius 2 is 1.93 bits per heavy atom. The van der Waals surface area contributed by atoms with Gasteiger partial charge in [-0.05, 0) is 26.2 Å². The molecule has 1 N–H and O–H groups in total. The maximum atomic E-state index is 12.6. The number of aromatic nitrogens is 1. The van der Waals surface area contributed by atoms with Crippen LogP contribution in [0.2, 0.25) is 0 Å². The number of hydrogen-bond donors (Lipinski definition) is 1. The van der Waals surface area contributed by atoms with E-state index in [1.54, 1.807) is 11.3 Å². The van der Waals surface area contributed by atoms with E-state index < -0.39 is 0 Å². The number of carbonyl (C=O) groups is 1. The minimum Gasteiger partial charge on any atom is -0.351 e. The van der Waals surface area contributed by atoms with Gasteiger partial charge in [-0.3, -0.25) is 14.7 Å². The Morgan fingerprint density at radius 3 is 2.52 bits per heavy atom. The number of guanidine groups is 1. The lowest BCUT2D eigenvalue weighted by molar-refractivity contribution is -0.135. The molecule has 2 aliphatic heterocycles. The van der Waals surface area contributed by atoms with Crippen molar-refractivity contribution in [1.82, 2.24) is 25.0 Å². The average molecular weight is 393 g/mol. The summed E-state index contributed by atoms with van der Waals surface area (Å²) < 4.78 is 0. The summed E-state index contributed by atoms with van der Waals surface area (Å²) >= 11 is 1.71. The lowest BCUT2D eigenvalue weighted by atomic mass is 10.2. The summed E-state index contributed by atoms with van der Waals surface area (Å²) in [6, 6.07) is -0.0253. The van der Waals surface area contributed by atoms with Crippen LogP contribution < -0.4 is 5.32 Å².